The lowest BCUT2D eigenvalue weighted by Gasteiger charge is -2.28. The Hall–Kier alpha value is -0.0800. The lowest BCUT2D eigenvalue weighted by atomic mass is 10.0. The minimum Gasteiger partial charge on any atom is -0.314 e. The fourth-order valence-corrected chi connectivity index (χ4v) is 2.99. The largest absolute Gasteiger partial charge is 0.314 e. The third-order valence-electron chi connectivity index (χ3n) is 4.43. The summed E-state index contributed by atoms with van der Waals surface area (Å²) in [6, 6.07) is 1.80. The van der Waals surface area contributed by atoms with Crippen molar-refractivity contribution >= 4 is 0 Å². The molecule has 0 amide bonds. The van der Waals surface area contributed by atoms with Crippen molar-refractivity contribution in [2.75, 3.05) is 19.6 Å². The maximum Gasteiger partial charge on any atom is 0.00965 e. The predicted octanol–water partition coefficient (Wildman–Crippen LogP) is 2.39. The van der Waals surface area contributed by atoms with E-state index in [1.165, 1.54) is 71.0 Å². The zero-order valence-electron chi connectivity index (χ0n) is 10.5. The van der Waals surface area contributed by atoms with Gasteiger partial charge in [-0.3, -0.25) is 0 Å². The molecular weight excluding hydrogens is 196 g/mol. The summed E-state index contributed by atoms with van der Waals surface area (Å²) in [5.41, 5.74) is 0. The Morgan fingerprint density at radius 1 is 1.00 bits per heavy atom. The average molecular weight is 222 g/mol. The fraction of sp³-hybridized carbons (Fsp3) is 1.00. The van der Waals surface area contributed by atoms with E-state index in [-0.39, 0.29) is 0 Å². The molecule has 3 fully saturated rings. The summed E-state index contributed by atoms with van der Waals surface area (Å²) in [4.78, 5) is 2.80. The van der Waals surface area contributed by atoms with Gasteiger partial charge in [-0.1, -0.05) is 6.42 Å². The number of rotatable bonds is 6. The predicted molar refractivity (Wildman–Crippen MR) is 67.6 cm³/mol. The van der Waals surface area contributed by atoms with Crippen LogP contribution in [0.3, 0.4) is 0 Å². The monoisotopic (exact) mass is 222 g/mol. The topological polar surface area (TPSA) is 15.3 Å². The summed E-state index contributed by atoms with van der Waals surface area (Å²) in [6.45, 7) is 4.03. The second-order valence-electron chi connectivity index (χ2n) is 6.10. The normalized spacial score (nSPS) is 30.9. The number of nitrogens with one attached hydrogen (secondary N) is 1. The molecule has 2 heteroatoms. The van der Waals surface area contributed by atoms with Crippen molar-refractivity contribution in [1.29, 1.82) is 0 Å². The first-order chi connectivity index (χ1) is 7.92. The summed E-state index contributed by atoms with van der Waals surface area (Å²) >= 11 is 0. The highest BCUT2D eigenvalue weighted by Gasteiger charge is 2.33. The van der Waals surface area contributed by atoms with Crippen molar-refractivity contribution in [2.45, 2.75) is 63.5 Å². The van der Waals surface area contributed by atoms with Crippen LogP contribution in [0.1, 0.15) is 51.4 Å². The molecule has 0 spiro atoms. The van der Waals surface area contributed by atoms with Gasteiger partial charge in [-0.2, -0.15) is 0 Å². The maximum absolute atomic E-state index is 3.68. The van der Waals surface area contributed by atoms with Crippen LogP contribution in [0, 0.1) is 5.92 Å². The van der Waals surface area contributed by atoms with Gasteiger partial charge < -0.3 is 10.2 Å². The molecule has 1 heterocycles. The van der Waals surface area contributed by atoms with Crippen molar-refractivity contribution in [3.05, 3.63) is 0 Å². The first-order valence-electron chi connectivity index (χ1n) is 7.39. The summed E-state index contributed by atoms with van der Waals surface area (Å²) in [5.74, 6) is 1.07. The van der Waals surface area contributed by atoms with Gasteiger partial charge in [0.25, 0.3) is 0 Å². The zero-order valence-corrected chi connectivity index (χ0v) is 10.5. The molecule has 3 aliphatic rings. The van der Waals surface area contributed by atoms with Gasteiger partial charge in [-0.15, -0.1) is 0 Å². The summed E-state index contributed by atoms with van der Waals surface area (Å²) < 4.78 is 0. The van der Waals surface area contributed by atoms with E-state index in [4.69, 9.17) is 0 Å². The van der Waals surface area contributed by atoms with Gasteiger partial charge in [0.2, 0.25) is 0 Å². The third-order valence-corrected chi connectivity index (χ3v) is 4.43. The number of hydrogen-bond acceptors (Lipinski definition) is 2. The molecule has 0 aromatic rings. The molecule has 16 heavy (non-hydrogen) atoms. The molecule has 3 rings (SSSR count). The van der Waals surface area contributed by atoms with E-state index in [1.807, 2.05) is 0 Å². The van der Waals surface area contributed by atoms with Crippen LogP contribution in [0.2, 0.25) is 0 Å². The van der Waals surface area contributed by atoms with Crippen LogP contribution in [0.25, 0.3) is 0 Å². The first-order valence-corrected chi connectivity index (χ1v) is 7.39. The Morgan fingerprint density at radius 3 is 2.50 bits per heavy atom. The van der Waals surface area contributed by atoms with Crippen molar-refractivity contribution < 1.29 is 0 Å². The Kier molecular flexibility index (Phi) is 3.49. The van der Waals surface area contributed by atoms with Crippen molar-refractivity contribution in [3.8, 4) is 0 Å². The van der Waals surface area contributed by atoms with Gasteiger partial charge in [0, 0.05) is 18.6 Å². The van der Waals surface area contributed by atoms with Crippen LogP contribution in [-0.2, 0) is 0 Å². The van der Waals surface area contributed by atoms with E-state index in [0.717, 1.165) is 18.0 Å². The number of hydrogen-bond donors (Lipinski definition) is 1. The van der Waals surface area contributed by atoms with Crippen molar-refractivity contribution in [2.24, 2.45) is 5.92 Å². The highest BCUT2D eigenvalue weighted by atomic mass is 15.2. The smallest absolute Gasteiger partial charge is 0.00965 e. The number of nitrogens with zero attached hydrogens (tertiary/aromatic N) is 1. The second kappa shape index (κ2) is 5.05. The van der Waals surface area contributed by atoms with E-state index < -0.39 is 0 Å². The van der Waals surface area contributed by atoms with E-state index in [9.17, 15) is 0 Å². The van der Waals surface area contributed by atoms with E-state index in [1.54, 1.807) is 0 Å². The van der Waals surface area contributed by atoms with Crippen LogP contribution >= 0.6 is 0 Å². The molecule has 2 nitrogen and oxygen atoms in total. The Bertz CT molecular complexity index is 215. The maximum atomic E-state index is 3.68. The highest BCUT2D eigenvalue weighted by molar-refractivity contribution is 4.89. The molecular formula is C14H26N2. The summed E-state index contributed by atoms with van der Waals surface area (Å²) in [7, 11) is 0. The quantitative estimate of drug-likeness (QED) is 0.742. The van der Waals surface area contributed by atoms with Gasteiger partial charge in [-0.05, 0) is 64.0 Å². The number of piperidine rings is 1. The minimum absolute atomic E-state index is 0.828. The lowest BCUT2D eigenvalue weighted by Crippen LogP contribution is -2.38. The van der Waals surface area contributed by atoms with E-state index >= 15 is 0 Å². The minimum atomic E-state index is 0.828. The van der Waals surface area contributed by atoms with Gasteiger partial charge in [-0.25, -0.2) is 0 Å². The highest BCUT2D eigenvalue weighted by Crippen LogP contribution is 2.35. The van der Waals surface area contributed by atoms with Crippen molar-refractivity contribution in [1.82, 2.24) is 10.2 Å². The van der Waals surface area contributed by atoms with Crippen LogP contribution in [0.5, 0.6) is 0 Å². The van der Waals surface area contributed by atoms with Crippen LogP contribution < -0.4 is 5.32 Å². The lowest BCUT2D eigenvalue weighted by molar-refractivity contribution is 0.229. The van der Waals surface area contributed by atoms with Crippen LogP contribution in [0.4, 0.5) is 0 Å². The molecule has 1 unspecified atom stereocenters. The second-order valence-corrected chi connectivity index (χ2v) is 6.10. The molecule has 1 aliphatic heterocycles. The average Bonchev–Trinajstić information content (AvgIpc) is 3.16. The molecule has 0 bridgehead atoms. The summed E-state index contributed by atoms with van der Waals surface area (Å²) in [6.07, 6.45) is 11.6. The SMILES string of the molecule is C1CCC(CCN(CC2CC2)C2CC2)NC1. The van der Waals surface area contributed by atoms with Gasteiger partial charge >= 0.3 is 0 Å². The molecule has 1 saturated heterocycles. The van der Waals surface area contributed by atoms with Crippen molar-refractivity contribution in [3.63, 3.8) is 0 Å². The summed E-state index contributed by atoms with van der Waals surface area (Å²) in [5, 5.41) is 3.68. The third kappa shape index (κ3) is 3.21. The molecule has 1 N–H and O–H groups in total. The molecule has 2 saturated carbocycles. The Labute approximate surface area is 99.8 Å². The molecule has 0 radical (unpaired) electrons. The standard InChI is InChI=1S/C14H26N2/c1-2-9-15-13(3-1)8-10-16(14-6-7-14)11-12-4-5-12/h12-15H,1-11H2. The van der Waals surface area contributed by atoms with Crippen LogP contribution in [-0.4, -0.2) is 36.6 Å². The molecule has 0 aromatic heterocycles. The Balaban J connectivity index is 1.39. The Morgan fingerprint density at radius 2 is 1.88 bits per heavy atom. The van der Waals surface area contributed by atoms with Gasteiger partial charge in [0.05, 0.1) is 0 Å². The molecule has 92 valence electrons. The molecule has 0 aromatic carbocycles. The van der Waals surface area contributed by atoms with Crippen LogP contribution in [0.15, 0.2) is 0 Å². The van der Waals surface area contributed by atoms with E-state index in [0.29, 0.717) is 0 Å². The van der Waals surface area contributed by atoms with Gasteiger partial charge in [0.1, 0.15) is 0 Å². The first kappa shape index (κ1) is 11.0. The zero-order chi connectivity index (χ0) is 10.8. The fourth-order valence-electron chi connectivity index (χ4n) is 2.99. The van der Waals surface area contributed by atoms with Gasteiger partial charge in [0.15, 0.2) is 0 Å². The molecule has 1 atom stereocenters. The molecule has 2 aliphatic carbocycles. The van der Waals surface area contributed by atoms with E-state index in [2.05, 4.69) is 10.2 Å².